The standard InChI is InChI=1S/C23H24ClNO5/c1-4-5-12-25-20(14-6-9-16(29-2)10-7-14)19(22(27)23(25)28)21(26)15-8-11-18(30-3)17(24)13-15/h6-11,13,20,26H,4-5,12H2,1-3H3/b21-19-. The normalized spacial score (nSPS) is 18.0. The highest BCUT2D eigenvalue weighted by atomic mass is 35.5. The summed E-state index contributed by atoms with van der Waals surface area (Å²) in [6.07, 6.45) is 1.61. The molecule has 0 bridgehead atoms. The molecule has 7 heteroatoms. The van der Waals surface area contributed by atoms with Crippen LogP contribution in [0.15, 0.2) is 48.0 Å². The molecule has 158 valence electrons. The largest absolute Gasteiger partial charge is 0.507 e. The SMILES string of the molecule is CCCCN1C(=O)C(=O)/C(=C(\O)c2ccc(OC)c(Cl)c2)C1c1ccc(OC)cc1. The summed E-state index contributed by atoms with van der Waals surface area (Å²) >= 11 is 6.19. The Morgan fingerprint density at radius 3 is 2.37 bits per heavy atom. The summed E-state index contributed by atoms with van der Waals surface area (Å²) in [4.78, 5) is 27.2. The minimum absolute atomic E-state index is 0.0440. The van der Waals surface area contributed by atoms with Gasteiger partial charge in [0.1, 0.15) is 17.3 Å². The third-order valence-electron chi connectivity index (χ3n) is 5.15. The second-order valence-corrected chi connectivity index (χ2v) is 7.38. The first-order valence-corrected chi connectivity index (χ1v) is 10.1. The van der Waals surface area contributed by atoms with E-state index in [1.54, 1.807) is 43.5 Å². The molecule has 0 radical (unpaired) electrons. The van der Waals surface area contributed by atoms with Gasteiger partial charge in [-0.05, 0) is 42.3 Å². The van der Waals surface area contributed by atoms with Gasteiger partial charge in [-0.1, -0.05) is 37.1 Å². The minimum Gasteiger partial charge on any atom is -0.507 e. The van der Waals surface area contributed by atoms with Gasteiger partial charge in [0, 0.05) is 12.1 Å². The van der Waals surface area contributed by atoms with Crippen molar-refractivity contribution in [3.8, 4) is 11.5 Å². The van der Waals surface area contributed by atoms with Crippen LogP contribution in [0.5, 0.6) is 11.5 Å². The van der Waals surface area contributed by atoms with Gasteiger partial charge in [0.15, 0.2) is 0 Å². The molecule has 1 N–H and O–H groups in total. The number of aliphatic hydroxyl groups excluding tert-OH is 1. The molecule has 0 spiro atoms. The lowest BCUT2D eigenvalue weighted by atomic mass is 9.95. The Labute approximate surface area is 180 Å². The van der Waals surface area contributed by atoms with Gasteiger partial charge < -0.3 is 19.5 Å². The van der Waals surface area contributed by atoms with Crippen LogP contribution in [0.1, 0.15) is 36.9 Å². The fourth-order valence-corrected chi connectivity index (χ4v) is 3.80. The molecule has 0 aromatic heterocycles. The molecular formula is C23H24ClNO5. The number of aliphatic hydroxyl groups is 1. The molecule has 1 atom stereocenters. The van der Waals surface area contributed by atoms with Crippen molar-refractivity contribution >= 4 is 29.1 Å². The number of carbonyl (C=O) groups excluding carboxylic acids is 2. The van der Waals surface area contributed by atoms with E-state index in [4.69, 9.17) is 21.1 Å². The van der Waals surface area contributed by atoms with Gasteiger partial charge >= 0.3 is 0 Å². The number of ketones is 1. The molecule has 1 fully saturated rings. The molecule has 1 aliphatic heterocycles. The van der Waals surface area contributed by atoms with E-state index in [-0.39, 0.29) is 11.3 Å². The lowest BCUT2D eigenvalue weighted by molar-refractivity contribution is -0.139. The van der Waals surface area contributed by atoms with Crippen LogP contribution in [0.2, 0.25) is 5.02 Å². The molecule has 0 aliphatic carbocycles. The predicted molar refractivity (Wildman–Crippen MR) is 115 cm³/mol. The molecule has 2 aromatic rings. The van der Waals surface area contributed by atoms with E-state index >= 15 is 0 Å². The summed E-state index contributed by atoms with van der Waals surface area (Å²) in [5, 5.41) is 11.3. The lowest BCUT2D eigenvalue weighted by Gasteiger charge is -2.25. The van der Waals surface area contributed by atoms with Crippen molar-refractivity contribution in [2.75, 3.05) is 20.8 Å². The number of rotatable bonds is 7. The monoisotopic (exact) mass is 429 g/mol. The van der Waals surface area contributed by atoms with Crippen molar-refractivity contribution < 1.29 is 24.2 Å². The molecule has 3 rings (SSSR count). The number of carbonyl (C=O) groups is 2. The summed E-state index contributed by atoms with van der Waals surface area (Å²) in [7, 11) is 3.06. The Balaban J connectivity index is 2.14. The van der Waals surface area contributed by atoms with Crippen molar-refractivity contribution in [1.29, 1.82) is 0 Å². The van der Waals surface area contributed by atoms with Gasteiger partial charge in [0.05, 0.1) is 30.9 Å². The fourth-order valence-electron chi connectivity index (χ4n) is 3.54. The number of halogens is 1. The van der Waals surface area contributed by atoms with E-state index in [0.29, 0.717) is 34.2 Å². The number of amides is 1. The lowest BCUT2D eigenvalue weighted by Crippen LogP contribution is -2.30. The Morgan fingerprint density at radius 1 is 1.10 bits per heavy atom. The Bertz CT molecular complexity index is 984. The van der Waals surface area contributed by atoms with E-state index in [0.717, 1.165) is 12.8 Å². The highest BCUT2D eigenvalue weighted by Gasteiger charge is 2.45. The Hall–Kier alpha value is -2.99. The smallest absolute Gasteiger partial charge is 0.295 e. The number of methoxy groups -OCH3 is 2. The fraction of sp³-hybridized carbons (Fsp3) is 0.304. The van der Waals surface area contributed by atoms with E-state index < -0.39 is 17.7 Å². The van der Waals surface area contributed by atoms with Crippen molar-refractivity contribution in [1.82, 2.24) is 4.90 Å². The summed E-state index contributed by atoms with van der Waals surface area (Å²) in [5.74, 6) is -0.492. The molecule has 30 heavy (non-hydrogen) atoms. The maximum atomic E-state index is 12.9. The van der Waals surface area contributed by atoms with Gasteiger partial charge in [0.2, 0.25) is 0 Å². The molecular weight excluding hydrogens is 406 g/mol. The quantitative estimate of drug-likeness (QED) is 0.396. The third kappa shape index (κ3) is 4.00. The molecule has 1 aliphatic rings. The zero-order valence-electron chi connectivity index (χ0n) is 17.1. The number of unbranched alkanes of at least 4 members (excludes halogenated alkanes) is 1. The third-order valence-corrected chi connectivity index (χ3v) is 5.44. The maximum absolute atomic E-state index is 12.9. The first-order chi connectivity index (χ1) is 14.4. The van der Waals surface area contributed by atoms with Crippen LogP contribution in [-0.4, -0.2) is 42.5 Å². The van der Waals surface area contributed by atoms with Crippen LogP contribution in [-0.2, 0) is 9.59 Å². The maximum Gasteiger partial charge on any atom is 0.295 e. The van der Waals surface area contributed by atoms with Crippen LogP contribution < -0.4 is 9.47 Å². The number of nitrogens with zero attached hydrogens (tertiary/aromatic N) is 1. The molecule has 0 saturated carbocycles. The number of Topliss-reactive ketones (excluding diaryl/α,β-unsaturated/α-hetero) is 1. The highest BCUT2D eigenvalue weighted by molar-refractivity contribution is 6.46. The average molecular weight is 430 g/mol. The number of likely N-dealkylation sites (tertiary alicyclic amines) is 1. The first kappa shape index (κ1) is 21.7. The predicted octanol–water partition coefficient (Wildman–Crippen LogP) is 4.58. The van der Waals surface area contributed by atoms with Gasteiger partial charge in [-0.2, -0.15) is 0 Å². The van der Waals surface area contributed by atoms with Crippen LogP contribution in [0.3, 0.4) is 0 Å². The number of benzene rings is 2. The van der Waals surface area contributed by atoms with Crippen molar-refractivity contribution in [3.63, 3.8) is 0 Å². The van der Waals surface area contributed by atoms with Crippen LogP contribution in [0.4, 0.5) is 0 Å². The van der Waals surface area contributed by atoms with E-state index in [9.17, 15) is 14.7 Å². The Morgan fingerprint density at radius 2 is 1.80 bits per heavy atom. The van der Waals surface area contributed by atoms with E-state index in [2.05, 4.69) is 0 Å². The summed E-state index contributed by atoms with van der Waals surface area (Å²) < 4.78 is 10.4. The van der Waals surface area contributed by atoms with E-state index in [1.807, 2.05) is 6.92 Å². The summed E-state index contributed by atoms with van der Waals surface area (Å²) in [6, 6.07) is 11.1. The van der Waals surface area contributed by atoms with Gasteiger partial charge in [0.25, 0.3) is 11.7 Å². The topological polar surface area (TPSA) is 76.1 Å². The molecule has 1 saturated heterocycles. The molecule has 6 nitrogen and oxygen atoms in total. The van der Waals surface area contributed by atoms with Crippen molar-refractivity contribution in [3.05, 3.63) is 64.2 Å². The zero-order valence-corrected chi connectivity index (χ0v) is 17.9. The van der Waals surface area contributed by atoms with Crippen LogP contribution in [0, 0.1) is 0 Å². The van der Waals surface area contributed by atoms with Crippen molar-refractivity contribution in [2.24, 2.45) is 0 Å². The van der Waals surface area contributed by atoms with Crippen LogP contribution in [0.25, 0.3) is 5.76 Å². The second-order valence-electron chi connectivity index (χ2n) is 6.97. The zero-order chi connectivity index (χ0) is 21.8. The summed E-state index contributed by atoms with van der Waals surface area (Å²) in [6.45, 7) is 2.43. The number of hydrogen-bond donors (Lipinski definition) is 1. The number of hydrogen-bond acceptors (Lipinski definition) is 5. The minimum atomic E-state index is -0.712. The highest BCUT2D eigenvalue weighted by Crippen LogP contribution is 2.40. The van der Waals surface area contributed by atoms with Gasteiger partial charge in [-0.15, -0.1) is 0 Å². The van der Waals surface area contributed by atoms with E-state index in [1.165, 1.54) is 18.1 Å². The molecule has 1 amide bonds. The summed E-state index contributed by atoms with van der Waals surface area (Å²) in [5.41, 5.74) is 1.10. The van der Waals surface area contributed by atoms with Crippen LogP contribution >= 0.6 is 11.6 Å². The van der Waals surface area contributed by atoms with Crippen molar-refractivity contribution in [2.45, 2.75) is 25.8 Å². The molecule has 1 heterocycles. The number of ether oxygens (including phenoxy) is 2. The average Bonchev–Trinajstić information content (AvgIpc) is 3.01. The van der Waals surface area contributed by atoms with Gasteiger partial charge in [-0.3, -0.25) is 9.59 Å². The molecule has 1 unspecified atom stereocenters. The Kier molecular flexibility index (Phi) is 6.67. The molecule has 2 aromatic carbocycles. The second kappa shape index (κ2) is 9.22. The first-order valence-electron chi connectivity index (χ1n) is 9.69. The van der Waals surface area contributed by atoms with Gasteiger partial charge in [-0.25, -0.2) is 0 Å².